The number of primary sulfonamides is 1. The number of aromatic nitrogens is 2. The summed E-state index contributed by atoms with van der Waals surface area (Å²) in [6.07, 6.45) is -0.0610. The first-order valence-electron chi connectivity index (χ1n) is 7.49. The van der Waals surface area contributed by atoms with Crippen molar-refractivity contribution in [3.05, 3.63) is 57.4 Å². The zero-order chi connectivity index (χ0) is 20.2. The molecule has 0 saturated heterocycles. The van der Waals surface area contributed by atoms with E-state index in [4.69, 9.17) is 9.88 Å². The van der Waals surface area contributed by atoms with Crippen LogP contribution in [0, 0.1) is 0 Å². The third-order valence-electron chi connectivity index (χ3n) is 3.32. The number of anilines is 1. The monoisotopic (exact) mass is 396 g/mol. The summed E-state index contributed by atoms with van der Waals surface area (Å²) < 4.78 is 28.2. The number of carbonyl (C=O) groups is 2. The molecule has 2 rings (SSSR count). The average Bonchev–Trinajstić information content (AvgIpc) is 2.57. The van der Waals surface area contributed by atoms with Crippen molar-refractivity contribution in [1.82, 2.24) is 9.55 Å². The lowest BCUT2D eigenvalue weighted by atomic mass is 10.3. The van der Waals surface area contributed by atoms with Crippen LogP contribution in [0.5, 0.6) is 0 Å². The zero-order valence-electron chi connectivity index (χ0n) is 14.0. The third kappa shape index (κ3) is 5.62. The Balaban J connectivity index is 1.95. The lowest BCUT2D eigenvalue weighted by Gasteiger charge is -2.14. The highest BCUT2D eigenvalue weighted by Gasteiger charge is 2.19. The van der Waals surface area contributed by atoms with Crippen LogP contribution in [0.25, 0.3) is 0 Å². The predicted molar refractivity (Wildman–Crippen MR) is 93.3 cm³/mol. The van der Waals surface area contributed by atoms with Crippen LogP contribution in [0.2, 0.25) is 0 Å². The second kappa shape index (κ2) is 7.97. The Hall–Kier alpha value is -3.25. The summed E-state index contributed by atoms with van der Waals surface area (Å²) in [5, 5.41) is 7.42. The van der Waals surface area contributed by atoms with Crippen molar-refractivity contribution in [2.75, 3.05) is 5.32 Å². The smallest absolute Gasteiger partial charge is 0.328 e. The van der Waals surface area contributed by atoms with Gasteiger partial charge in [0.25, 0.3) is 11.5 Å². The molecule has 12 heteroatoms. The molecule has 4 N–H and O–H groups in total. The fourth-order valence-electron chi connectivity index (χ4n) is 1.97. The minimum atomic E-state index is -3.85. The number of hydrogen-bond acceptors (Lipinski definition) is 7. The maximum absolute atomic E-state index is 12.0. The topological polar surface area (TPSA) is 170 Å². The van der Waals surface area contributed by atoms with Crippen molar-refractivity contribution in [2.45, 2.75) is 24.5 Å². The van der Waals surface area contributed by atoms with Gasteiger partial charge in [0.05, 0.1) is 4.90 Å². The van der Waals surface area contributed by atoms with Gasteiger partial charge in [-0.1, -0.05) is 0 Å². The Morgan fingerprint density at radius 2 is 1.85 bits per heavy atom. The van der Waals surface area contributed by atoms with Gasteiger partial charge in [0.1, 0.15) is 6.54 Å². The van der Waals surface area contributed by atoms with E-state index in [0.29, 0.717) is 0 Å². The summed E-state index contributed by atoms with van der Waals surface area (Å²) in [6.45, 7) is 0.831. The van der Waals surface area contributed by atoms with Gasteiger partial charge >= 0.3 is 11.7 Å². The molecule has 1 aromatic heterocycles. The van der Waals surface area contributed by atoms with E-state index in [0.717, 1.165) is 16.8 Å². The van der Waals surface area contributed by atoms with E-state index in [1.54, 1.807) is 0 Å². The van der Waals surface area contributed by atoms with Crippen LogP contribution in [0.15, 0.2) is 51.0 Å². The maximum Gasteiger partial charge on any atom is 0.328 e. The molecule has 0 fully saturated rings. The number of benzene rings is 1. The van der Waals surface area contributed by atoms with Crippen molar-refractivity contribution in [3.8, 4) is 0 Å². The van der Waals surface area contributed by atoms with Gasteiger partial charge in [0.15, 0.2) is 6.10 Å². The molecule has 0 bridgehead atoms. The number of nitrogens with two attached hydrogens (primary N) is 1. The molecule has 0 spiro atoms. The zero-order valence-corrected chi connectivity index (χ0v) is 14.9. The van der Waals surface area contributed by atoms with Gasteiger partial charge in [0.2, 0.25) is 10.0 Å². The summed E-state index contributed by atoms with van der Waals surface area (Å²) in [4.78, 5) is 48.2. The van der Waals surface area contributed by atoms with Crippen LogP contribution in [-0.2, 0) is 30.9 Å². The highest BCUT2D eigenvalue weighted by atomic mass is 32.2. The maximum atomic E-state index is 12.0. The standard InChI is InChI=1S/C15H16N4O7S/c1-9(26-13(21)8-19-7-6-12(20)18-15(19)23)14(22)17-10-2-4-11(5-3-10)27(16,24)25/h2-7,9H,8H2,1H3,(H,17,22)(H2,16,24,25)(H,18,20,23)/t9-/m1/s1. The molecule has 11 nitrogen and oxygen atoms in total. The molecule has 1 amide bonds. The van der Waals surface area contributed by atoms with Crippen molar-refractivity contribution < 1.29 is 22.7 Å². The van der Waals surface area contributed by atoms with Crippen molar-refractivity contribution in [3.63, 3.8) is 0 Å². The van der Waals surface area contributed by atoms with Gasteiger partial charge in [-0.05, 0) is 31.2 Å². The van der Waals surface area contributed by atoms with Gasteiger partial charge in [-0.3, -0.25) is 23.9 Å². The van der Waals surface area contributed by atoms with Crippen LogP contribution in [0.4, 0.5) is 5.69 Å². The molecular formula is C15H16N4O7S. The summed E-state index contributed by atoms with van der Waals surface area (Å²) in [6, 6.07) is 6.14. The number of nitrogens with one attached hydrogen (secondary N) is 2. The minimum Gasteiger partial charge on any atom is -0.451 e. The normalized spacial score (nSPS) is 12.2. The van der Waals surface area contributed by atoms with E-state index >= 15 is 0 Å². The molecular weight excluding hydrogens is 380 g/mol. The second-order valence-corrected chi connectivity index (χ2v) is 6.99. The number of sulfonamides is 1. The van der Waals surface area contributed by atoms with E-state index in [-0.39, 0.29) is 10.6 Å². The molecule has 0 aliphatic heterocycles. The highest BCUT2D eigenvalue weighted by molar-refractivity contribution is 7.89. The molecule has 2 aromatic rings. The number of H-pyrrole nitrogens is 1. The van der Waals surface area contributed by atoms with E-state index in [1.807, 2.05) is 4.98 Å². The number of carbonyl (C=O) groups excluding carboxylic acids is 2. The Bertz CT molecular complexity index is 1070. The van der Waals surface area contributed by atoms with Crippen molar-refractivity contribution in [1.29, 1.82) is 0 Å². The number of hydrogen-bond donors (Lipinski definition) is 3. The second-order valence-electron chi connectivity index (χ2n) is 5.43. The third-order valence-corrected chi connectivity index (χ3v) is 4.25. The summed E-state index contributed by atoms with van der Waals surface area (Å²) in [5.74, 6) is -1.53. The van der Waals surface area contributed by atoms with Gasteiger partial charge in [-0.25, -0.2) is 18.4 Å². The Labute approximate surface area is 152 Å². The Kier molecular flexibility index (Phi) is 5.92. The summed E-state index contributed by atoms with van der Waals surface area (Å²) in [7, 11) is -3.85. The average molecular weight is 396 g/mol. The Morgan fingerprint density at radius 3 is 2.41 bits per heavy atom. The minimum absolute atomic E-state index is 0.119. The fourth-order valence-corrected chi connectivity index (χ4v) is 2.48. The largest absolute Gasteiger partial charge is 0.451 e. The van der Waals surface area contributed by atoms with Gasteiger partial charge in [-0.2, -0.15) is 0 Å². The van der Waals surface area contributed by atoms with E-state index in [9.17, 15) is 27.6 Å². The molecule has 1 heterocycles. The number of rotatable bonds is 6. The SMILES string of the molecule is C[C@@H](OC(=O)Cn1ccc(=O)[nH]c1=O)C(=O)Nc1ccc(S(N)(=O)=O)cc1. The molecule has 1 aromatic carbocycles. The molecule has 144 valence electrons. The van der Waals surface area contributed by atoms with Gasteiger partial charge < -0.3 is 10.1 Å². The lowest BCUT2D eigenvalue weighted by molar-refractivity contribution is -0.153. The number of esters is 1. The number of amides is 1. The van der Waals surface area contributed by atoms with Gasteiger partial charge in [-0.15, -0.1) is 0 Å². The predicted octanol–water partition coefficient (Wildman–Crippen LogP) is -1.25. The highest BCUT2D eigenvalue weighted by Crippen LogP contribution is 2.13. The first-order chi connectivity index (χ1) is 12.6. The lowest BCUT2D eigenvalue weighted by Crippen LogP contribution is -2.34. The molecule has 0 aliphatic carbocycles. The van der Waals surface area contributed by atoms with Crippen LogP contribution < -0.4 is 21.7 Å². The van der Waals surface area contributed by atoms with E-state index < -0.39 is 45.8 Å². The van der Waals surface area contributed by atoms with Gasteiger partial charge in [0, 0.05) is 18.0 Å². The number of nitrogens with zero attached hydrogens (tertiary/aromatic N) is 1. The van der Waals surface area contributed by atoms with Crippen LogP contribution >= 0.6 is 0 Å². The van der Waals surface area contributed by atoms with Crippen molar-refractivity contribution >= 4 is 27.6 Å². The molecule has 0 saturated carbocycles. The molecule has 27 heavy (non-hydrogen) atoms. The first-order valence-corrected chi connectivity index (χ1v) is 9.04. The molecule has 0 aliphatic rings. The van der Waals surface area contributed by atoms with Crippen LogP contribution in [0.1, 0.15) is 6.92 Å². The van der Waals surface area contributed by atoms with Crippen LogP contribution in [-0.4, -0.2) is 35.9 Å². The summed E-state index contributed by atoms with van der Waals surface area (Å²) >= 11 is 0. The molecule has 0 radical (unpaired) electrons. The van der Waals surface area contributed by atoms with E-state index in [1.165, 1.54) is 31.2 Å². The number of aromatic amines is 1. The van der Waals surface area contributed by atoms with E-state index in [2.05, 4.69) is 5.32 Å². The fraction of sp³-hybridized carbons (Fsp3) is 0.200. The van der Waals surface area contributed by atoms with Crippen LogP contribution in [0.3, 0.4) is 0 Å². The molecule has 1 atom stereocenters. The quantitative estimate of drug-likeness (QED) is 0.512. The summed E-state index contributed by atoms with van der Waals surface area (Å²) in [5.41, 5.74) is -1.12. The van der Waals surface area contributed by atoms with Crippen molar-refractivity contribution in [2.24, 2.45) is 5.14 Å². The first kappa shape index (κ1) is 20.1. The molecule has 0 unspecified atom stereocenters. The number of ether oxygens (including phenoxy) is 1. The Morgan fingerprint density at radius 1 is 1.22 bits per heavy atom.